The summed E-state index contributed by atoms with van der Waals surface area (Å²) in [6.45, 7) is 0. The lowest BCUT2D eigenvalue weighted by atomic mass is 9.96. The second kappa shape index (κ2) is 4.69. The van der Waals surface area contributed by atoms with Crippen LogP contribution < -0.4 is 5.73 Å². The number of nitrogens with two attached hydrogens (primary N) is 1. The van der Waals surface area contributed by atoms with E-state index >= 15 is 0 Å². The van der Waals surface area contributed by atoms with Crippen LogP contribution in [0.3, 0.4) is 0 Å². The summed E-state index contributed by atoms with van der Waals surface area (Å²) in [6, 6.07) is 0.420. The highest BCUT2D eigenvalue weighted by Crippen LogP contribution is 2.22. The highest BCUT2D eigenvalue weighted by atomic mass is 79.9. The van der Waals surface area contributed by atoms with Crippen molar-refractivity contribution in [2.24, 2.45) is 5.73 Å². The molecule has 0 bridgehead atoms. The summed E-state index contributed by atoms with van der Waals surface area (Å²) in [4.78, 5) is 0.594. The summed E-state index contributed by atoms with van der Waals surface area (Å²) < 4.78 is 0. The average Bonchev–Trinajstić information content (AvgIpc) is 1.77. The molecule has 0 aliphatic heterocycles. The number of halogens is 2. The summed E-state index contributed by atoms with van der Waals surface area (Å²) in [5, 5.41) is 0. The quantitative estimate of drug-likeness (QED) is 0.663. The Bertz CT molecular complexity index is 67.5. The minimum Gasteiger partial charge on any atom is -0.327 e. The van der Waals surface area contributed by atoms with Crippen molar-refractivity contribution in [1.82, 2.24) is 0 Å². The molecule has 2 unspecified atom stereocenters. The van der Waals surface area contributed by atoms with Gasteiger partial charge in [0.1, 0.15) is 0 Å². The molecule has 0 radical (unpaired) electrons. The van der Waals surface area contributed by atoms with Crippen LogP contribution in [0.5, 0.6) is 0 Å². The van der Waals surface area contributed by atoms with Crippen LogP contribution in [0, 0.1) is 0 Å². The lowest BCUT2D eigenvalue weighted by Gasteiger charge is -2.22. The molecule has 0 aromatic heterocycles. The molecule has 1 aliphatic rings. The molecule has 0 aromatic carbocycles. The van der Waals surface area contributed by atoms with Crippen molar-refractivity contribution < 1.29 is 0 Å². The molecule has 2 N–H and O–H groups in total. The molecule has 0 saturated heterocycles. The molecule has 1 aliphatic carbocycles. The molecule has 56 valence electrons. The van der Waals surface area contributed by atoms with Crippen LogP contribution in [0.2, 0.25) is 0 Å². The van der Waals surface area contributed by atoms with Gasteiger partial charge >= 0.3 is 0 Å². The summed E-state index contributed by atoms with van der Waals surface area (Å²) in [6.07, 6.45) is 5.14. The topological polar surface area (TPSA) is 26.0 Å². The van der Waals surface area contributed by atoms with Crippen LogP contribution in [0.4, 0.5) is 0 Å². The minimum atomic E-state index is 0. The largest absolute Gasteiger partial charge is 0.327 e. The zero-order chi connectivity index (χ0) is 5.98. The van der Waals surface area contributed by atoms with E-state index in [1.807, 2.05) is 0 Å². The van der Waals surface area contributed by atoms with Gasteiger partial charge in [0.2, 0.25) is 0 Å². The van der Waals surface area contributed by atoms with Gasteiger partial charge in [0.25, 0.3) is 0 Å². The zero-order valence-electron chi connectivity index (χ0n) is 5.35. The first-order valence-corrected chi connectivity index (χ1v) is 4.12. The van der Waals surface area contributed by atoms with E-state index in [1.165, 1.54) is 25.7 Å². The van der Waals surface area contributed by atoms with Crippen LogP contribution >= 0.6 is 32.9 Å². The molecule has 0 aromatic rings. The summed E-state index contributed by atoms with van der Waals surface area (Å²) in [5.74, 6) is 0. The average molecular weight is 259 g/mol. The standard InChI is InChI=1S/C6H12BrN.BrH/c7-5-3-1-2-4-6(5)8;/h5-6H,1-4,8H2;1H. The van der Waals surface area contributed by atoms with E-state index in [4.69, 9.17) is 5.73 Å². The van der Waals surface area contributed by atoms with Crippen LogP contribution in [-0.4, -0.2) is 10.9 Å². The molecule has 1 nitrogen and oxygen atoms in total. The Balaban J connectivity index is 0.000000640. The first-order valence-electron chi connectivity index (χ1n) is 3.20. The lowest BCUT2D eigenvalue weighted by Crippen LogP contribution is -2.33. The fourth-order valence-corrected chi connectivity index (χ4v) is 1.70. The Morgan fingerprint density at radius 1 is 1.22 bits per heavy atom. The maximum Gasteiger partial charge on any atom is 0.0297 e. The van der Waals surface area contributed by atoms with E-state index in [2.05, 4.69) is 15.9 Å². The molecular weight excluding hydrogens is 246 g/mol. The maximum absolute atomic E-state index is 5.73. The Morgan fingerprint density at radius 2 is 1.78 bits per heavy atom. The SMILES string of the molecule is Br.NC1CCCCC1Br. The van der Waals surface area contributed by atoms with Crippen molar-refractivity contribution in [3.8, 4) is 0 Å². The zero-order valence-corrected chi connectivity index (χ0v) is 8.65. The van der Waals surface area contributed by atoms with Crippen LogP contribution in [0.15, 0.2) is 0 Å². The fourth-order valence-electron chi connectivity index (χ4n) is 1.11. The van der Waals surface area contributed by atoms with Gasteiger partial charge < -0.3 is 5.73 Å². The summed E-state index contributed by atoms with van der Waals surface area (Å²) in [5.41, 5.74) is 5.73. The molecule has 3 heteroatoms. The molecule has 9 heavy (non-hydrogen) atoms. The third-order valence-corrected chi connectivity index (χ3v) is 2.87. The molecular formula is C6H13Br2N. The van der Waals surface area contributed by atoms with E-state index in [0.29, 0.717) is 10.9 Å². The predicted octanol–water partition coefficient (Wildman–Crippen LogP) is 2.23. The lowest BCUT2D eigenvalue weighted by molar-refractivity contribution is 0.458. The van der Waals surface area contributed by atoms with Gasteiger partial charge in [-0.1, -0.05) is 28.8 Å². The van der Waals surface area contributed by atoms with Crippen molar-refractivity contribution in [3.63, 3.8) is 0 Å². The third kappa shape index (κ3) is 3.01. The van der Waals surface area contributed by atoms with Gasteiger partial charge in [0, 0.05) is 10.9 Å². The van der Waals surface area contributed by atoms with Crippen molar-refractivity contribution in [2.45, 2.75) is 36.6 Å². The maximum atomic E-state index is 5.73. The van der Waals surface area contributed by atoms with Gasteiger partial charge in [-0.25, -0.2) is 0 Å². The van der Waals surface area contributed by atoms with E-state index in [0.717, 1.165) is 0 Å². The van der Waals surface area contributed by atoms with Gasteiger partial charge in [-0.2, -0.15) is 0 Å². The van der Waals surface area contributed by atoms with Crippen molar-refractivity contribution in [2.75, 3.05) is 0 Å². The van der Waals surface area contributed by atoms with E-state index in [-0.39, 0.29) is 17.0 Å². The molecule has 0 amide bonds. The van der Waals surface area contributed by atoms with Gasteiger partial charge in [0.05, 0.1) is 0 Å². The van der Waals surface area contributed by atoms with Crippen molar-refractivity contribution >= 4 is 32.9 Å². The first kappa shape index (κ1) is 9.92. The van der Waals surface area contributed by atoms with Gasteiger partial charge in [0.15, 0.2) is 0 Å². The minimum absolute atomic E-state index is 0. The van der Waals surface area contributed by atoms with Crippen molar-refractivity contribution in [1.29, 1.82) is 0 Å². The Hall–Kier alpha value is 0.920. The van der Waals surface area contributed by atoms with Crippen LogP contribution in [0.25, 0.3) is 0 Å². The third-order valence-electron chi connectivity index (χ3n) is 1.73. The second-order valence-electron chi connectivity index (χ2n) is 2.46. The highest BCUT2D eigenvalue weighted by Gasteiger charge is 2.17. The molecule has 0 heterocycles. The van der Waals surface area contributed by atoms with Crippen LogP contribution in [0.1, 0.15) is 25.7 Å². The Kier molecular flexibility index (Phi) is 5.17. The number of hydrogen-bond acceptors (Lipinski definition) is 1. The summed E-state index contributed by atoms with van der Waals surface area (Å²) in [7, 11) is 0. The molecule has 0 spiro atoms. The number of alkyl halides is 1. The van der Waals surface area contributed by atoms with Crippen LogP contribution in [-0.2, 0) is 0 Å². The first-order chi connectivity index (χ1) is 3.80. The highest BCUT2D eigenvalue weighted by molar-refractivity contribution is 9.09. The molecule has 1 rings (SSSR count). The smallest absolute Gasteiger partial charge is 0.0297 e. The fraction of sp³-hybridized carbons (Fsp3) is 1.00. The predicted molar refractivity (Wildman–Crippen MR) is 49.5 cm³/mol. The second-order valence-corrected chi connectivity index (χ2v) is 3.64. The monoisotopic (exact) mass is 257 g/mol. The van der Waals surface area contributed by atoms with Gasteiger partial charge in [-0.05, 0) is 12.8 Å². The van der Waals surface area contributed by atoms with E-state index < -0.39 is 0 Å². The number of hydrogen-bond donors (Lipinski definition) is 1. The molecule has 1 saturated carbocycles. The summed E-state index contributed by atoms with van der Waals surface area (Å²) >= 11 is 3.53. The van der Waals surface area contributed by atoms with Gasteiger partial charge in [-0.15, -0.1) is 17.0 Å². The Morgan fingerprint density at radius 3 is 2.11 bits per heavy atom. The number of rotatable bonds is 0. The van der Waals surface area contributed by atoms with E-state index in [9.17, 15) is 0 Å². The molecule has 1 fully saturated rings. The van der Waals surface area contributed by atoms with E-state index in [1.54, 1.807) is 0 Å². The Labute approximate surface area is 75.3 Å². The van der Waals surface area contributed by atoms with Crippen molar-refractivity contribution in [3.05, 3.63) is 0 Å². The van der Waals surface area contributed by atoms with Gasteiger partial charge in [-0.3, -0.25) is 0 Å². The normalized spacial score (nSPS) is 35.3. The molecule has 2 atom stereocenters.